The third-order valence-electron chi connectivity index (χ3n) is 2.73. The molecular formula is C13H19NO5. The van der Waals surface area contributed by atoms with Crippen LogP contribution in [0.3, 0.4) is 0 Å². The number of carboxylic acids is 1. The third kappa shape index (κ3) is 4.40. The van der Waals surface area contributed by atoms with Crippen LogP contribution in [0, 0.1) is 0 Å². The van der Waals surface area contributed by atoms with Crippen LogP contribution in [-0.4, -0.2) is 46.7 Å². The Morgan fingerprint density at radius 3 is 2.68 bits per heavy atom. The predicted molar refractivity (Wildman–Crippen MR) is 67.9 cm³/mol. The van der Waals surface area contributed by atoms with E-state index < -0.39 is 5.97 Å². The van der Waals surface area contributed by atoms with E-state index in [1.165, 1.54) is 17.2 Å². The lowest BCUT2D eigenvalue weighted by Crippen LogP contribution is -2.34. The van der Waals surface area contributed by atoms with Gasteiger partial charge in [0.25, 0.3) is 5.91 Å². The Bertz CT molecular complexity index is 426. The first kappa shape index (κ1) is 15.2. The first-order chi connectivity index (χ1) is 9.10. The number of carboxylic acid groups (broad SMARTS) is 1. The summed E-state index contributed by atoms with van der Waals surface area (Å²) in [6.45, 7) is 2.65. The number of rotatable bonds is 8. The summed E-state index contributed by atoms with van der Waals surface area (Å²) in [7, 11) is 0. The smallest absolute Gasteiger partial charge is 0.311 e. The number of furan rings is 1. The van der Waals surface area contributed by atoms with Crippen molar-refractivity contribution in [1.82, 2.24) is 4.90 Å². The molecule has 1 aromatic heterocycles. The SMILES string of the molecule is CCCCN(CCO)C(=O)c1ccoc1CC(=O)O. The maximum absolute atomic E-state index is 12.3. The average molecular weight is 269 g/mol. The zero-order chi connectivity index (χ0) is 14.3. The van der Waals surface area contributed by atoms with Crippen molar-refractivity contribution >= 4 is 11.9 Å². The minimum Gasteiger partial charge on any atom is -0.481 e. The first-order valence-corrected chi connectivity index (χ1v) is 6.28. The lowest BCUT2D eigenvalue weighted by atomic mass is 10.1. The molecule has 2 N–H and O–H groups in total. The summed E-state index contributed by atoms with van der Waals surface area (Å²) in [4.78, 5) is 24.5. The van der Waals surface area contributed by atoms with E-state index in [-0.39, 0.29) is 36.8 Å². The highest BCUT2D eigenvalue weighted by molar-refractivity contribution is 5.96. The molecule has 0 bridgehead atoms. The van der Waals surface area contributed by atoms with E-state index in [0.717, 1.165) is 12.8 Å². The zero-order valence-corrected chi connectivity index (χ0v) is 11.0. The topological polar surface area (TPSA) is 91.0 Å². The summed E-state index contributed by atoms with van der Waals surface area (Å²) in [6.07, 6.45) is 2.75. The van der Waals surface area contributed by atoms with Crippen LogP contribution in [0.5, 0.6) is 0 Å². The number of hydrogen-bond acceptors (Lipinski definition) is 4. The number of aliphatic carboxylic acids is 1. The van der Waals surface area contributed by atoms with Gasteiger partial charge >= 0.3 is 5.97 Å². The monoisotopic (exact) mass is 269 g/mol. The molecule has 0 spiro atoms. The van der Waals surface area contributed by atoms with Gasteiger partial charge in [0.2, 0.25) is 0 Å². The van der Waals surface area contributed by atoms with Crippen molar-refractivity contribution < 1.29 is 24.2 Å². The minimum absolute atomic E-state index is 0.123. The molecular weight excluding hydrogens is 250 g/mol. The molecule has 106 valence electrons. The van der Waals surface area contributed by atoms with Crippen LogP contribution < -0.4 is 0 Å². The van der Waals surface area contributed by atoms with Crippen molar-refractivity contribution in [3.8, 4) is 0 Å². The molecule has 0 saturated heterocycles. The molecule has 0 aromatic carbocycles. The van der Waals surface area contributed by atoms with Gasteiger partial charge in [0.15, 0.2) is 0 Å². The highest BCUT2D eigenvalue weighted by atomic mass is 16.4. The van der Waals surface area contributed by atoms with Gasteiger partial charge in [-0.3, -0.25) is 9.59 Å². The summed E-state index contributed by atoms with van der Waals surface area (Å²) < 4.78 is 5.04. The predicted octanol–water partition coefficient (Wildman–Crippen LogP) is 1.14. The molecule has 19 heavy (non-hydrogen) atoms. The Morgan fingerprint density at radius 1 is 1.37 bits per heavy atom. The van der Waals surface area contributed by atoms with Crippen LogP contribution in [0.2, 0.25) is 0 Å². The summed E-state index contributed by atoms with van der Waals surface area (Å²) in [6, 6.07) is 1.47. The van der Waals surface area contributed by atoms with E-state index >= 15 is 0 Å². The second-order valence-corrected chi connectivity index (χ2v) is 4.20. The summed E-state index contributed by atoms with van der Waals surface area (Å²) in [5.41, 5.74) is 0.256. The molecule has 1 amide bonds. The highest BCUT2D eigenvalue weighted by Gasteiger charge is 2.21. The van der Waals surface area contributed by atoms with E-state index in [4.69, 9.17) is 14.6 Å². The fraction of sp³-hybridized carbons (Fsp3) is 0.538. The van der Waals surface area contributed by atoms with E-state index in [1.54, 1.807) is 0 Å². The Hall–Kier alpha value is -1.82. The van der Waals surface area contributed by atoms with Gasteiger partial charge in [-0.1, -0.05) is 13.3 Å². The number of carbonyl (C=O) groups is 2. The van der Waals surface area contributed by atoms with Gasteiger partial charge in [-0.25, -0.2) is 0 Å². The van der Waals surface area contributed by atoms with Crippen LogP contribution in [-0.2, 0) is 11.2 Å². The largest absolute Gasteiger partial charge is 0.481 e. The number of nitrogens with zero attached hydrogens (tertiary/aromatic N) is 1. The molecule has 0 unspecified atom stereocenters. The Morgan fingerprint density at radius 2 is 2.11 bits per heavy atom. The van der Waals surface area contributed by atoms with E-state index in [0.29, 0.717) is 6.54 Å². The van der Waals surface area contributed by atoms with Gasteiger partial charge in [-0.15, -0.1) is 0 Å². The summed E-state index contributed by atoms with van der Waals surface area (Å²) >= 11 is 0. The van der Waals surface area contributed by atoms with Crippen molar-refractivity contribution in [2.24, 2.45) is 0 Å². The molecule has 1 heterocycles. The van der Waals surface area contributed by atoms with E-state index in [9.17, 15) is 9.59 Å². The van der Waals surface area contributed by atoms with Crippen LogP contribution in [0.15, 0.2) is 16.7 Å². The van der Waals surface area contributed by atoms with Crippen LogP contribution in [0.4, 0.5) is 0 Å². The standard InChI is InChI=1S/C13H19NO5/c1-2-3-5-14(6-7-15)13(18)10-4-8-19-11(10)9-12(16)17/h4,8,15H,2-3,5-7,9H2,1H3,(H,16,17). The molecule has 0 saturated carbocycles. The van der Waals surface area contributed by atoms with Gasteiger partial charge < -0.3 is 19.5 Å². The molecule has 6 nitrogen and oxygen atoms in total. The Labute approximate surface area is 111 Å². The lowest BCUT2D eigenvalue weighted by molar-refractivity contribution is -0.136. The number of hydrogen-bond donors (Lipinski definition) is 2. The fourth-order valence-electron chi connectivity index (χ4n) is 1.76. The number of amides is 1. The van der Waals surface area contributed by atoms with Crippen molar-refractivity contribution in [3.05, 3.63) is 23.7 Å². The molecule has 0 aliphatic carbocycles. The van der Waals surface area contributed by atoms with Gasteiger partial charge in [0, 0.05) is 13.1 Å². The maximum Gasteiger partial charge on any atom is 0.311 e. The van der Waals surface area contributed by atoms with Gasteiger partial charge in [-0.2, -0.15) is 0 Å². The van der Waals surface area contributed by atoms with E-state index in [1.807, 2.05) is 6.92 Å². The Kier molecular flexibility index (Phi) is 6.08. The third-order valence-corrected chi connectivity index (χ3v) is 2.73. The molecule has 0 fully saturated rings. The molecule has 1 rings (SSSR count). The molecule has 0 radical (unpaired) electrons. The Balaban J connectivity index is 2.83. The molecule has 1 aromatic rings. The molecule has 6 heteroatoms. The zero-order valence-electron chi connectivity index (χ0n) is 11.0. The van der Waals surface area contributed by atoms with Gasteiger partial charge in [-0.05, 0) is 12.5 Å². The number of aliphatic hydroxyl groups is 1. The fourth-order valence-corrected chi connectivity index (χ4v) is 1.76. The van der Waals surface area contributed by atoms with Crippen molar-refractivity contribution in [3.63, 3.8) is 0 Å². The van der Waals surface area contributed by atoms with Crippen LogP contribution >= 0.6 is 0 Å². The normalized spacial score (nSPS) is 10.4. The van der Waals surface area contributed by atoms with Gasteiger partial charge in [0.05, 0.1) is 18.4 Å². The number of carbonyl (C=O) groups excluding carboxylic acids is 1. The molecule has 0 aliphatic heterocycles. The summed E-state index contributed by atoms with van der Waals surface area (Å²) in [5.74, 6) is -1.20. The quantitative estimate of drug-likeness (QED) is 0.738. The van der Waals surface area contributed by atoms with Crippen LogP contribution in [0.25, 0.3) is 0 Å². The van der Waals surface area contributed by atoms with Crippen molar-refractivity contribution in [2.75, 3.05) is 19.7 Å². The van der Waals surface area contributed by atoms with Crippen LogP contribution in [0.1, 0.15) is 35.9 Å². The number of unbranched alkanes of at least 4 members (excludes halogenated alkanes) is 1. The van der Waals surface area contributed by atoms with Crippen molar-refractivity contribution in [1.29, 1.82) is 0 Å². The maximum atomic E-state index is 12.3. The van der Waals surface area contributed by atoms with Crippen molar-refractivity contribution in [2.45, 2.75) is 26.2 Å². The summed E-state index contributed by atoms with van der Waals surface area (Å²) in [5, 5.41) is 17.7. The first-order valence-electron chi connectivity index (χ1n) is 6.28. The van der Waals surface area contributed by atoms with E-state index in [2.05, 4.69) is 0 Å². The molecule has 0 atom stereocenters. The number of aliphatic hydroxyl groups excluding tert-OH is 1. The van der Waals surface area contributed by atoms with Gasteiger partial charge in [0.1, 0.15) is 12.2 Å². The average Bonchev–Trinajstić information content (AvgIpc) is 2.80. The lowest BCUT2D eigenvalue weighted by Gasteiger charge is -2.21. The highest BCUT2D eigenvalue weighted by Crippen LogP contribution is 2.15. The molecule has 0 aliphatic rings. The minimum atomic E-state index is -1.05. The second-order valence-electron chi connectivity index (χ2n) is 4.20. The second kappa shape index (κ2) is 7.58.